The molecule has 6 aliphatic heterocycles. The van der Waals surface area contributed by atoms with E-state index in [1.807, 2.05) is 0 Å². The van der Waals surface area contributed by atoms with Gasteiger partial charge in [0, 0.05) is 48.3 Å². The first kappa shape index (κ1) is 32.4. The number of nitrogens with one attached hydrogen (secondary N) is 6. The lowest BCUT2D eigenvalue weighted by atomic mass is 9.55. The third kappa shape index (κ3) is 5.99. The molecular formula is C42H72N6. The molecule has 48 heavy (non-hydrogen) atoms. The molecule has 0 aromatic carbocycles. The SMILES string of the molecule is C1CNC2C(C1)CCC1CCC(C3CC(C4CCC5CCC6CCCNC6C5N4)CC(C4CC5CCCNC5C5NCCCC45)C3)NC12. The fourth-order valence-electron chi connectivity index (χ4n) is 15.6. The second kappa shape index (κ2) is 14.0. The van der Waals surface area contributed by atoms with Crippen LogP contribution in [0.25, 0.3) is 0 Å². The summed E-state index contributed by atoms with van der Waals surface area (Å²) in [5, 5.41) is 25.5. The zero-order chi connectivity index (χ0) is 31.6. The topological polar surface area (TPSA) is 72.2 Å². The van der Waals surface area contributed by atoms with E-state index in [2.05, 4.69) is 31.9 Å². The summed E-state index contributed by atoms with van der Waals surface area (Å²) in [6, 6.07) is 5.95. The minimum absolute atomic E-state index is 0.733. The van der Waals surface area contributed by atoms with Crippen molar-refractivity contribution in [2.75, 3.05) is 26.2 Å². The van der Waals surface area contributed by atoms with Crippen LogP contribution in [-0.4, -0.2) is 74.5 Å². The van der Waals surface area contributed by atoms with Crippen molar-refractivity contribution in [3.8, 4) is 0 Å². The molecule has 0 bridgehead atoms. The van der Waals surface area contributed by atoms with Crippen molar-refractivity contribution in [2.45, 2.75) is 177 Å². The molecule has 6 heterocycles. The van der Waals surface area contributed by atoms with Gasteiger partial charge >= 0.3 is 0 Å². The lowest BCUT2D eigenvalue weighted by Gasteiger charge is -2.57. The Morgan fingerprint density at radius 2 is 0.688 bits per heavy atom. The monoisotopic (exact) mass is 661 g/mol. The van der Waals surface area contributed by atoms with Gasteiger partial charge in [-0.15, -0.1) is 0 Å². The van der Waals surface area contributed by atoms with Crippen molar-refractivity contribution in [3.63, 3.8) is 0 Å². The number of hydrogen-bond acceptors (Lipinski definition) is 6. The number of piperidine rings is 6. The highest BCUT2D eigenvalue weighted by molar-refractivity contribution is 5.09. The fourth-order valence-corrected chi connectivity index (χ4v) is 15.6. The first-order valence-electron chi connectivity index (χ1n) is 22.2. The molecule has 17 atom stereocenters. The van der Waals surface area contributed by atoms with Crippen molar-refractivity contribution in [3.05, 3.63) is 0 Å². The second-order valence-electron chi connectivity index (χ2n) is 19.7. The molecule has 17 unspecified atom stereocenters. The quantitative estimate of drug-likeness (QED) is 0.238. The van der Waals surface area contributed by atoms with Gasteiger partial charge in [0.05, 0.1) is 0 Å². The van der Waals surface area contributed by atoms with Gasteiger partial charge in [0.15, 0.2) is 0 Å². The Bertz CT molecular complexity index is 1040. The van der Waals surface area contributed by atoms with E-state index in [0.29, 0.717) is 0 Å². The second-order valence-corrected chi connectivity index (χ2v) is 19.7. The first-order valence-corrected chi connectivity index (χ1v) is 22.2. The smallest absolute Gasteiger partial charge is 0.0254 e. The van der Waals surface area contributed by atoms with Crippen molar-refractivity contribution in [1.82, 2.24) is 31.9 Å². The van der Waals surface area contributed by atoms with Crippen LogP contribution in [0.4, 0.5) is 0 Å². The van der Waals surface area contributed by atoms with Gasteiger partial charge in [-0.1, -0.05) is 0 Å². The Balaban J connectivity index is 0.919. The first-order chi connectivity index (χ1) is 23.8. The molecule has 6 saturated heterocycles. The van der Waals surface area contributed by atoms with Crippen LogP contribution >= 0.6 is 0 Å². The molecule has 270 valence electrons. The van der Waals surface area contributed by atoms with Crippen LogP contribution in [0.1, 0.15) is 128 Å². The normalized spacial score (nSPS) is 55.5. The van der Waals surface area contributed by atoms with Gasteiger partial charge in [-0.3, -0.25) is 0 Å². The molecule has 0 radical (unpaired) electrons. The maximum atomic E-state index is 4.54. The molecule has 6 N–H and O–H groups in total. The summed E-state index contributed by atoms with van der Waals surface area (Å²) < 4.78 is 0. The highest BCUT2D eigenvalue weighted by Gasteiger charge is 2.53. The van der Waals surface area contributed by atoms with Gasteiger partial charge in [0.2, 0.25) is 0 Å². The van der Waals surface area contributed by atoms with E-state index in [1.54, 1.807) is 0 Å². The van der Waals surface area contributed by atoms with Crippen LogP contribution in [0.15, 0.2) is 0 Å². The van der Waals surface area contributed by atoms with Gasteiger partial charge in [-0.25, -0.2) is 0 Å². The molecule has 4 saturated carbocycles. The summed E-state index contributed by atoms with van der Waals surface area (Å²) in [4.78, 5) is 0. The average molecular weight is 661 g/mol. The van der Waals surface area contributed by atoms with Gasteiger partial charge in [-0.05, 0) is 214 Å². The van der Waals surface area contributed by atoms with E-state index in [1.165, 1.54) is 155 Å². The summed E-state index contributed by atoms with van der Waals surface area (Å²) >= 11 is 0. The molecule has 0 spiro atoms. The van der Waals surface area contributed by atoms with Gasteiger partial charge in [0.25, 0.3) is 0 Å². The Hall–Kier alpha value is -0.240. The van der Waals surface area contributed by atoms with Crippen LogP contribution in [0.5, 0.6) is 0 Å². The van der Waals surface area contributed by atoms with E-state index in [-0.39, 0.29) is 0 Å². The fraction of sp³-hybridized carbons (Fsp3) is 1.00. The van der Waals surface area contributed by atoms with Crippen LogP contribution < -0.4 is 31.9 Å². The molecule has 10 aliphatic rings. The van der Waals surface area contributed by atoms with E-state index >= 15 is 0 Å². The van der Waals surface area contributed by atoms with E-state index in [4.69, 9.17) is 0 Å². The summed E-state index contributed by atoms with van der Waals surface area (Å²) in [5.74, 6) is 9.14. The van der Waals surface area contributed by atoms with E-state index < -0.39 is 0 Å². The number of rotatable bonds is 3. The average Bonchev–Trinajstić information content (AvgIpc) is 3.17. The molecule has 6 heteroatoms. The van der Waals surface area contributed by atoms with Crippen molar-refractivity contribution in [2.24, 2.45) is 59.2 Å². The van der Waals surface area contributed by atoms with Crippen LogP contribution in [-0.2, 0) is 0 Å². The van der Waals surface area contributed by atoms with Gasteiger partial charge in [0.1, 0.15) is 0 Å². The van der Waals surface area contributed by atoms with Gasteiger partial charge < -0.3 is 31.9 Å². The van der Waals surface area contributed by atoms with E-state index in [0.717, 1.165) is 108 Å². The largest absolute Gasteiger partial charge is 0.312 e. The zero-order valence-corrected chi connectivity index (χ0v) is 30.4. The Morgan fingerprint density at radius 3 is 1.25 bits per heavy atom. The Labute approximate surface area is 293 Å². The molecular weight excluding hydrogens is 589 g/mol. The zero-order valence-electron chi connectivity index (χ0n) is 30.4. The Morgan fingerprint density at radius 1 is 0.271 bits per heavy atom. The van der Waals surface area contributed by atoms with Crippen LogP contribution in [0, 0.1) is 59.2 Å². The minimum Gasteiger partial charge on any atom is -0.312 e. The third-order valence-corrected chi connectivity index (χ3v) is 17.7. The van der Waals surface area contributed by atoms with E-state index in [9.17, 15) is 0 Å². The number of fused-ring (bicyclic) bond motifs is 9. The molecule has 10 fully saturated rings. The Kier molecular flexibility index (Phi) is 9.42. The highest BCUT2D eigenvalue weighted by atomic mass is 15.1. The summed E-state index contributed by atoms with van der Waals surface area (Å²) in [6.45, 7) is 5.02. The minimum atomic E-state index is 0.733. The maximum absolute atomic E-state index is 4.54. The molecule has 0 aromatic rings. The summed E-state index contributed by atoms with van der Waals surface area (Å²) in [7, 11) is 0. The molecule has 6 nitrogen and oxygen atoms in total. The van der Waals surface area contributed by atoms with Crippen LogP contribution in [0.2, 0.25) is 0 Å². The molecule has 10 rings (SSSR count). The molecule has 0 aromatic heterocycles. The predicted octanol–water partition coefficient (Wildman–Crippen LogP) is 5.57. The number of hydrogen-bond donors (Lipinski definition) is 6. The van der Waals surface area contributed by atoms with Crippen molar-refractivity contribution < 1.29 is 0 Å². The summed E-state index contributed by atoms with van der Waals surface area (Å²) in [6.07, 6.45) is 29.4. The van der Waals surface area contributed by atoms with Gasteiger partial charge in [-0.2, -0.15) is 0 Å². The lowest BCUT2D eigenvalue weighted by Crippen LogP contribution is -2.66. The van der Waals surface area contributed by atoms with Crippen molar-refractivity contribution >= 4 is 0 Å². The maximum Gasteiger partial charge on any atom is 0.0254 e. The summed E-state index contributed by atoms with van der Waals surface area (Å²) in [5.41, 5.74) is 0. The van der Waals surface area contributed by atoms with Crippen molar-refractivity contribution in [1.29, 1.82) is 0 Å². The third-order valence-electron chi connectivity index (χ3n) is 17.7. The van der Waals surface area contributed by atoms with Crippen LogP contribution in [0.3, 0.4) is 0 Å². The highest BCUT2D eigenvalue weighted by Crippen LogP contribution is 2.53. The molecule has 0 amide bonds. The lowest BCUT2D eigenvalue weighted by molar-refractivity contribution is -0.0256. The predicted molar refractivity (Wildman–Crippen MR) is 196 cm³/mol. The molecule has 4 aliphatic carbocycles. The standard InChI is InChI=1S/C42H72N6/c1-5-25-9-11-27-13-15-35(47-40(27)37(25)43-17-1)31-21-30(34-24-29-7-3-19-45-39(29)42-33(34)8-4-20-46-42)22-32(23-31)36-16-14-28-12-10-26-6-2-18-44-38(26)41(28)48-36/h25-48H,1-24H2.